The molecule has 0 spiro atoms. The molecular formula is C24H26F3N5O5. The Hall–Kier alpha value is -4.00. The number of nitrogens with one attached hydrogen (secondary N) is 3. The van der Waals surface area contributed by atoms with Gasteiger partial charge in [-0.05, 0) is 54.8 Å². The number of amides is 4. The van der Waals surface area contributed by atoms with E-state index in [-0.39, 0.29) is 18.5 Å². The van der Waals surface area contributed by atoms with Gasteiger partial charge < -0.3 is 31.2 Å². The molecule has 37 heavy (non-hydrogen) atoms. The summed E-state index contributed by atoms with van der Waals surface area (Å²) in [4.78, 5) is 38.3. The molecule has 1 atom stereocenters. The fourth-order valence-electron chi connectivity index (χ4n) is 4.28. The Morgan fingerprint density at radius 2 is 1.86 bits per heavy atom. The maximum absolute atomic E-state index is 13.1. The minimum atomic E-state index is -4.70. The van der Waals surface area contributed by atoms with E-state index in [1.165, 1.54) is 0 Å². The molecule has 10 nitrogen and oxygen atoms in total. The van der Waals surface area contributed by atoms with E-state index in [0.29, 0.717) is 37.4 Å². The quantitative estimate of drug-likeness (QED) is 0.442. The van der Waals surface area contributed by atoms with Crippen molar-refractivity contribution < 1.29 is 37.0 Å². The van der Waals surface area contributed by atoms with E-state index in [0.717, 1.165) is 29.5 Å². The fourth-order valence-corrected chi connectivity index (χ4v) is 4.28. The van der Waals surface area contributed by atoms with Gasteiger partial charge in [0.05, 0.1) is 23.4 Å². The number of carbonyl (C=O) groups is 3. The van der Waals surface area contributed by atoms with Crippen LogP contribution in [0.5, 0.6) is 11.5 Å². The van der Waals surface area contributed by atoms with Gasteiger partial charge in [-0.1, -0.05) is 0 Å². The Bertz CT molecular complexity index is 1220. The number of hydrogen-bond acceptors (Lipinski definition) is 6. The van der Waals surface area contributed by atoms with Crippen molar-refractivity contribution in [3.8, 4) is 11.5 Å². The molecule has 4 amide bonds. The molecule has 5 N–H and O–H groups in total. The number of halogens is 3. The van der Waals surface area contributed by atoms with Crippen molar-refractivity contribution in [2.45, 2.75) is 32.1 Å². The highest BCUT2D eigenvalue weighted by molar-refractivity contribution is 6.04. The number of carbonyl (C=O) groups excluding carboxylic acids is 3. The van der Waals surface area contributed by atoms with Crippen molar-refractivity contribution in [3.05, 3.63) is 52.6 Å². The number of urea groups is 1. The first-order valence-corrected chi connectivity index (χ1v) is 11.5. The number of nitrogens with zero attached hydrogens (tertiary/aromatic N) is 1. The summed E-state index contributed by atoms with van der Waals surface area (Å²) in [5.74, 6) is -0.0277. The Balaban J connectivity index is 1.30. The molecule has 0 radical (unpaired) electrons. The van der Waals surface area contributed by atoms with Crippen LogP contribution in [-0.4, -0.2) is 55.2 Å². The van der Waals surface area contributed by atoms with Crippen LogP contribution in [0.1, 0.15) is 33.5 Å². The first-order valence-electron chi connectivity index (χ1n) is 11.5. The molecule has 0 aliphatic carbocycles. The monoisotopic (exact) mass is 521 g/mol. The number of ether oxygens (including phenoxy) is 2. The lowest BCUT2D eigenvalue weighted by Crippen LogP contribution is -2.43. The average molecular weight is 521 g/mol. The van der Waals surface area contributed by atoms with Crippen molar-refractivity contribution in [2.24, 2.45) is 5.73 Å². The first-order chi connectivity index (χ1) is 17.5. The van der Waals surface area contributed by atoms with Gasteiger partial charge in [0.1, 0.15) is 0 Å². The van der Waals surface area contributed by atoms with E-state index in [1.54, 1.807) is 0 Å². The smallest absolute Gasteiger partial charge is 0.416 e. The predicted molar refractivity (Wildman–Crippen MR) is 126 cm³/mol. The van der Waals surface area contributed by atoms with Crippen LogP contribution < -0.4 is 31.2 Å². The van der Waals surface area contributed by atoms with Gasteiger partial charge in [0.15, 0.2) is 11.5 Å². The molecule has 13 heteroatoms. The molecule has 0 unspecified atom stereocenters. The Labute approximate surface area is 210 Å². The van der Waals surface area contributed by atoms with Crippen LogP contribution in [0.4, 0.5) is 23.7 Å². The summed E-state index contributed by atoms with van der Waals surface area (Å²) in [6.45, 7) is 3.73. The van der Waals surface area contributed by atoms with Crippen LogP contribution in [0.15, 0.2) is 30.3 Å². The van der Waals surface area contributed by atoms with E-state index in [4.69, 9.17) is 15.2 Å². The molecule has 2 aliphatic rings. The summed E-state index contributed by atoms with van der Waals surface area (Å²) in [7, 11) is 0. The number of aryl methyl sites for hydroxylation is 1. The van der Waals surface area contributed by atoms with Crippen LogP contribution in [0.3, 0.4) is 0 Å². The molecule has 198 valence electrons. The van der Waals surface area contributed by atoms with E-state index in [9.17, 15) is 27.6 Å². The first kappa shape index (κ1) is 26.1. The number of rotatable bonds is 7. The number of nitrogens with two attached hydrogens (primary N) is 1. The van der Waals surface area contributed by atoms with E-state index < -0.39 is 41.7 Å². The number of fused-ring (bicyclic) bond motifs is 1. The summed E-state index contributed by atoms with van der Waals surface area (Å²) in [6, 6.07) is 4.92. The summed E-state index contributed by atoms with van der Waals surface area (Å²) in [5.41, 5.74) is 5.44. The van der Waals surface area contributed by atoms with E-state index in [1.807, 2.05) is 19.1 Å². The van der Waals surface area contributed by atoms with Gasteiger partial charge in [0, 0.05) is 25.7 Å². The molecule has 0 saturated carbocycles. The maximum Gasteiger partial charge on any atom is 0.416 e. The van der Waals surface area contributed by atoms with Gasteiger partial charge in [-0.3, -0.25) is 14.5 Å². The summed E-state index contributed by atoms with van der Waals surface area (Å²) < 4.78 is 50.1. The molecule has 0 bridgehead atoms. The van der Waals surface area contributed by atoms with Crippen molar-refractivity contribution in [3.63, 3.8) is 0 Å². The average Bonchev–Trinajstić information content (AvgIpc) is 3.45. The molecule has 0 aromatic heterocycles. The zero-order chi connectivity index (χ0) is 26.7. The topological polar surface area (TPSA) is 135 Å². The van der Waals surface area contributed by atoms with E-state index in [2.05, 4.69) is 20.9 Å². The molecule has 2 aromatic carbocycles. The molecule has 1 saturated heterocycles. The van der Waals surface area contributed by atoms with Crippen LogP contribution in [-0.2, 0) is 17.5 Å². The van der Waals surface area contributed by atoms with Crippen molar-refractivity contribution in [2.75, 3.05) is 31.7 Å². The summed E-state index contributed by atoms with van der Waals surface area (Å²) in [5, 5.41) is 7.24. The lowest BCUT2D eigenvalue weighted by molar-refractivity contribution is -0.137. The van der Waals surface area contributed by atoms with Crippen LogP contribution >= 0.6 is 0 Å². The number of likely N-dealkylation sites (tertiary alicyclic amines) is 1. The molecule has 4 rings (SSSR count). The standard InChI is InChI=1S/C24H26F3N5O5/c1-13-6-19-20(37-12-36-19)7-14(13)10-32-5-4-16(11-32)30-21(33)9-29-22(34)17-8-15(24(25,26)27)2-3-18(17)31-23(28)35/h2-3,6-8,16H,4-5,9-12H2,1H3,(H,29,34)(H,30,33)(H3,28,31,35)/t16-/m0/s1. The molecule has 2 aliphatic heterocycles. The second kappa shape index (κ2) is 10.5. The Kier molecular flexibility index (Phi) is 7.43. The number of anilines is 1. The van der Waals surface area contributed by atoms with Crippen LogP contribution in [0.25, 0.3) is 0 Å². The lowest BCUT2D eigenvalue weighted by Gasteiger charge is -2.18. The minimum Gasteiger partial charge on any atom is -0.454 e. The predicted octanol–water partition coefficient (Wildman–Crippen LogP) is 2.35. The largest absolute Gasteiger partial charge is 0.454 e. The minimum absolute atomic E-state index is 0.153. The van der Waals surface area contributed by atoms with Gasteiger partial charge in [-0.2, -0.15) is 13.2 Å². The van der Waals surface area contributed by atoms with Crippen molar-refractivity contribution >= 4 is 23.5 Å². The summed E-state index contributed by atoms with van der Waals surface area (Å²) >= 11 is 0. The zero-order valence-corrected chi connectivity index (χ0v) is 19.9. The molecule has 2 aromatic rings. The normalized spacial score (nSPS) is 16.9. The van der Waals surface area contributed by atoms with Gasteiger partial charge in [-0.25, -0.2) is 4.79 Å². The third-order valence-electron chi connectivity index (χ3n) is 6.12. The zero-order valence-electron chi connectivity index (χ0n) is 19.9. The molecule has 2 heterocycles. The van der Waals surface area contributed by atoms with Crippen LogP contribution in [0.2, 0.25) is 0 Å². The third-order valence-corrected chi connectivity index (χ3v) is 6.12. The highest BCUT2D eigenvalue weighted by Crippen LogP contribution is 2.35. The van der Waals surface area contributed by atoms with Crippen molar-refractivity contribution in [1.82, 2.24) is 15.5 Å². The second-order valence-electron chi connectivity index (χ2n) is 8.85. The van der Waals surface area contributed by atoms with Crippen molar-refractivity contribution in [1.29, 1.82) is 0 Å². The lowest BCUT2D eigenvalue weighted by atomic mass is 10.1. The maximum atomic E-state index is 13.1. The highest BCUT2D eigenvalue weighted by Gasteiger charge is 2.32. The fraction of sp³-hybridized carbons (Fsp3) is 0.375. The number of alkyl halides is 3. The number of hydrogen-bond donors (Lipinski definition) is 4. The second-order valence-corrected chi connectivity index (χ2v) is 8.85. The molecule has 1 fully saturated rings. The van der Waals surface area contributed by atoms with Gasteiger partial charge in [0.2, 0.25) is 12.7 Å². The number of benzene rings is 2. The third kappa shape index (κ3) is 6.42. The van der Waals surface area contributed by atoms with Crippen LogP contribution in [0, 0.1) is 6.92 Å². The summed E-state index contributed by atoms with van der Waals surface area (Å²) in [6.07, 6.45) is -4.01. The highest BCUT2D eigenvalue weighted by atomic mass is 19.4. The van der Waals surface area contributed by atoms with E-state index >= 15 is 0 Å². The van der Waals surface area contributed by atoms with Gasteiger partial charge in [0.25, 0.3) is 5.91 Å². The Morgan fingerprint density at radius 1 is 1.14 bits per heavy atom. The molecular weight excluding hydrogens is 495 g/mol. The van der Waals surface area contributed by atoms with Gasteiger partial charge in [-0.15, -0.1) is 0 Å². The Morgan fingerprint density at radius 3 is 2.57 bits per heavy atom. The number of primary amides is 1. The SMILES string of the molecule is Cc1cc2c(cc1CN1CC[C@H](NC(=O)CNC(=O)c3cc(C(F)(F)F)ccc3NC(N)=O)C1)OCO2. The van der Waals surface area contributed by atoms with Gasteiger partial charge >= 0.3 is 12.2 Å².